The number of rotatable bonds is 10. The van der Waals surface area contributed by atoms with Crippen LogP contribution in [0.3, 0.4) is 0 Å². The number of hydrogen-bond donors (Lipinski definition) is 0. The molecule has 0 aliphatic heterocycles. The van der Waals surface area contributed by atoms with Gasteiger partial charge in [0.2, 0.25) is 0 Å². The monoisotopic (exact) mass is 271 g/mol. The van der Waals surface area contributed by atoms with Crippen LogP contribution >= 0.6 is 21.6 Å². The lowest BCUT2D eigenvalue weighted by Crippen LogP contribution is -2.11. The lowest BCUT2D eigenvalue weighted by atomic mass is 10.4. The molecule has 0 aliphatic carbocycles. The molecule has 0 amide bonds. The Morgan fingerprint density at radius 1 is 1.18 bits per heavy atom. The summed E-state index contributed by atoms with van der Waals surface area (Å²) in [5.41, 5.74) is 0. The molecular weight excluding hydrogens is 248 g/mol. The molecule has 17 heavy (non-hydrogen) atoms. The Kier molecular flexibility index (Phi) is 13.2. The van der Waals surface area contributed by atoms with Gasteiger partial charge in [-0.15, -0.1) is 0 Å². The van der Waals surface area contributed by atoms with Crippen molar-refractivity contribution in [1.82, 2.24) is 0 Å². The summed E-state index contributed by atoms with van der Waals surface area (Å²) >= 11 is 0. The fraction of sp³-hybridized carbons (Fsp3) is 0.538. The minimum Gasteiger partial charge on any atom is -0.292 e. The van der Waals surface area contributed by atoms with E-state index in [1.807, 2.05) is 59.0 Å². The first-order valence-electron chi connectivity index (χ1n) is 5.88. The van der Waals surface area contributed by atoms with Gasteiger partial charge in [0.05, 0.1) is 5.75 Å². The maximum Gasteiger partial charge on any atom is 0.152 e. The van der Waals surface area contributed by atoms with Crippen LogP contribution in [0.15, 0.2) is 29.3 Å². The summed E-state index contributed by atoms with van der Waals surface area (Å²) in [5, 5.41) is 0. The molecule has 2 nitrogen and oxygen atoms in total. The first-order chi connectivity index (χ1) is 8.31. The van der Waals surface area contributed by atoms with Gasteiger partial charge in [-0.25, -0.2) is 4.58 Å². The Bertz CT molecular complexity index is 271. The van der Waals surface area contributed by atoms with Crippen molar-refractivity contribution in [2.45, 2.75) is 13.8 Å². The van der Waals surface area contributed by atoms with E-state index in [4.69, 9.17) is 0 Å². The molecular formula is C13H23N2S2+. The van der Waals surface area contributed by atoms with E-state index in [1.54, 1.807) is 0 Å². The van der Waals surface area contributed by atoms with Crippen LogP contribution in [0.1, 0.15) is 13.8 Å². The molecule has 0 unspecified atom stereocenters. The Morgan fingerprint density at radius 3 is 2.65 bits per heavy atom. The highest BCUT2D eigenvalue weighted by Crippen LogP contribution is 2.19. The SMILES string of the molecule is C=[N+](CC)CCSSCCN=C/C=C\C=C\C. The number of hydrogen-bond acceptors (Lipinski definition) is 3. The van der Waals surface area contributed by atoms with Crippen molar-refractivity contribution < 1.29 is 4.58 Å². The molecule has 0 saturated heterocycles. The second-order valence-electron chi connectivity index (χ2n) is 3.32. The molecule has 0 fully saturated rings. The van der Waals surface area contributed by atoms with Gasteiger partial charge in [0, 0.05) is 18.5 Å². The van der Waals surface area contributed by atoms with Crippen molar-refractivity contribution in [2.24, 2.45) is 4.99 Å². The highest BCUT2D eigenvalue weighted by molar-refractivity contribution is 8.76. The standard InChI is InChI=1S/C13H23N2S2/c1-4-6-7-8-9-14-10-12-16-17-13-11-15(3)5-2/h4,6-9H,3,5,10-13H2,1-2H3/q+1/b6-4+,8-7-,14-9?. The molecule has 4 heteroatoms. The van der Waals surface area contributed by atoms with E-state index in [0.717, 1.165) is 31.1 Å². The quantitative estimate of drug-likeness (QED) is 0.199. The molecule has 0 rings (SSSR count). The summed E-state index contributed by atoms with van der Waals surface area (Å²) in [6.07, 6.45) is 9.80. The largest absolute Gasteiger partial charge is 0.292 e. The summed E-state index contributed by atoms with van der Waals surface area (Å²) in [6.45, 7) is 11.0. The van der Waals surface area contributed by atoms with Gasteiger partial charge in [-0.05, 0) is 19.9 Å². The van der Waals surface area contributed by atoms with Gasteiger partial charge in [-0.3, -0.25) is 4.99 Å². The molecule has 0 bridgehead atoms. The summed E-state index contributed by atoms with van der Waals surface area (Å²) in [4.78, 5) is 4.29. The lowest BCUT2D eigenvalue weighted by molar-refractivity contribution is -0.510. The highest BCUT2D eigenvalue weighted by atomic mass is 33.1. The summed E-state index contributed by atoms with van der Waals surface area (Å²) in [5.74, 6) is 2.20. The third-order valence-corrected chi connectivity index (χ3v) is 4.30. The first-order valence-corrected chi connectivity index (χ1v) is 8.37. The fourth-order valence-electron chi connectivity index (χ4n) is 0.893. The van der Waals surface area contributed by atoms with Crippen LogP contribution in [0.2, 0.25) is 0 Å². The zero-order chi connectivity index (χ0) is 12.8. The van der Waals surface area contributed by atoms with Gasteiger partial charge in [0.1, 0.15) is 13.3 Å². The molecule has 0 radical (unpaired) electrons. The van der Waals surface area contributed by atoms with Crippen LogP contribution in [0.5, 0.6) is 0 Å². The van der Waals surface area contributed by atoms with E-state index >= 15 is 0 Å². The summed E-state index contributed by atoms with van der Waals surface area (Å²) in [7, 11) is 3.79. The molecule has 0 heterocycles. The molecule has 0 aromatic rings. The van der Waals surface area contributed by atoms with Gasteiger partial charge < -0.3 is 0 Å². The predicted octanol–water partition coefficient (Wildman–Crippen LogP) is 3.30. The molecule has 0 aromatic carbocycles. The van der Waals surface area contributed by atoms with E-state index in [9.17, 15) is 0 Å². The van der Waals surface area contributed by atoms with Crippen LogP contribution in [-0.2, 0) is 0 Å². The van der Waals surface area contributed by atoms with Crippen molar-refractivity contribution in [3.05, 3.63) is 24.3 Å². The van der Waals surface area contributed by atoms with Gasteiger partial charge in [0.15, 0.2) is 6.54 Å². The van der Waals surface area contributed by atoms with Crippen LogP contribution in [0, 0.1) is 0 Å². The smallest absolute Gasteiger partial charge is 0.152 e. The van der Waals surface area contributed by atoms with Crippen LogP contribution in [-0.4, -0.2) is 48.6 Å². The van der Waals surface area contributed by atoms with Crippen molar-refractivity contribution in [2.75, 3.05) is 31.1 Å². The van der Waals surface area contributed by atoms with Gasteiger partial charge >= 0.3 is 0 Å². The third-order valence-electron chi connectivity index (χ3n) is 1.93. The molecule has 0 aromatic heterocycles. The number of nitrogens with zero attached hydrogens (tertiary/aromatic N) is 2. The minimum absolute atomic E-state index is 0.889. The molecule has 0 atom stereocenters. The Hall–Kier alpha value is -0.480. The highest BCUT2D eigenvalue weighted by Gasteiger charge is 1.96. The van der Waals surface area contributed by atoms with Crippen molar-refractivity contribution >= 4 is 34.5 Å². The third kappa shape index (κ3) is 13.5. The Labute approximate surface area is 113 Å². The van der Waals surface area contributed by atoms with Crippen molar-refractivity contribution in [1.29, 1.82) is 0 Å². The fourth-order valence-corrected chi connectivity index (χ4v) is 2.80. The van der Waals surface area contributed by atoms with Crippen LogP contribution in [0.4, 0.5) is 0 Å². The summed E-state index contributed by atoms with van der Waals surface area (Å²) < 4.78 is 2.08. The van der Waals surface area contributed by atoms with E-state index < -0.39 is 0 Å². The first kappa shape index (κ1) is 16.5. The minimum atomic E-state index is 0.889. The Balaban J connectivity index is 3.26. The molecule has 0 aliphatic rings. The number of aliphatic imine (C=N–C) groups is 1. The Morgan fingerprint density at radius 2 is 1.94 bits per heavy atom. The maximum absolute atomic E-state index is 4.29. The normalized spacial score (nSPS) is 12.1. The zero-order valence-corrected chi connectivity index (χ0v) is 12.5. The van der Waals surface area contributed by atoms with E-state index in [1.165, 1.54) is 0 Å². The van der Waals surface area contributed by atoms with Crippen LogP contribution in [0.25, 0.3) is 0 Å². The van der Waals surface area contributed by atoms with Gasteiger partial charge in [-0.2, -0.15) is 0 Å². The number of allylic oxidation sites excluding steroid dienone is 4. The second kappa shape index (κ2) is 13.6. The molecule has 96 valence electrons. The predicted molar refractivity (Wildman–Crippen MR) is 85.0 cm³/mol. The zero-order valence-electron chi connectivity index (χ0n) is 10.8. The van der Waals surface area contributed by atoms with Gasteiger partial charge in [0.25, 0.3) is 0 Å². The molecule has 0 N–H and O–H groups in total. The topological polar surface area (TPSA) is 15.4 Å². The maximum atomic E-state index is 4.29. The van der Waals surface area contributed by atoms with Crippen molar-refractivity contribution in [3.63, 3.8) is 0 Å². The van der Waals surface area contributed by atoms with Crippen LogP contribution < -0.4 is 0 Å². The lowest BCUT2D eigenvalue weighted by Gasteiger charge is -1.98. The second-order valence-corrected chi connectivity index (χ2v) is 6.02. The van der Waals surface area contributed by atoms with Crippen molar-refractivity contribution in [3.8, 4) is 0 Å². The summed E-state index contributed by atoms with van der Waals surface area (Å²) in [6, 6.07) is 0. The average Bonchev–Trinajstić information content (AvgIpc) is 2.35. The van der Waals surface area contributed by atoms with E-state index in [2.05, 4.69) is 23.2 Å². The van der Waals surface area contributed by atoms with Gasteiger partial charge in [-0.1, -0.05) is 39.8 Å². The average molecular weight is 271 g/mol. The molecule has 0 saturated carbocycles. The van der Waals surface area contributed by atoms with E-state index in [-0.39, 0.29) is 0 Å². The van der Waals surface area contributed by atoms with E-state index in [0.29, 0.717) is 0 Å². The molecule has 0 spiro atoms.